The second-order valence-electron chi connectivity index (χ2n) is 5.75. The number of rotatable bonds is 8. The van der Waals surface area contributed by atoms with Gasteiger partial charge in [-0.15, -0.1) is 0 Å². The Morgan fingerprint density at radius 2 is 1.76 bits per heavy atom. The van der Waals surface area contributed by atoms with Crippen molar-refractivity contribution < 1.29 is 19.3 Å². The first-order valence-corrected chi connectivity index (χ1v) is 7.37. The molecular formula is C16H27NO4. The van der Waals surface area contributed by atoms with Crippen molar-refractivity contribution in [2.45, 2.75) is 27.2 Å². The Bertz CT molecular complexity index is 380. The molecule has 5 heteroatoms. The van der Waals surface area contributed by atoms with E-state index in [1.54, 1.807) is 6.20 Å². The highest BCUT2D eigenvalue weighted by Crippen LogP contribution is 2.27. The summed E-state index contributed by atoms with van der Waals surface area (Å²) in [6.07, 6.45) is 6.69. The quantitative estimate of drug-likeness (QED) is 0.698. The Labute approximate surface area is 127 Å². The summed E-state index contributed by atoms with van der Waals surface area (Å²) in [6, 6.07) is 0. The fourth-order valence-electron chi connectivity index (χ4n) is 1.78. The van der Waals surface area contributed by atoms with Crippen LogP contribution in [0.2, 0.25) is 0 Å². The zero-order valence-corrected chi connectivity index (χ0v) is 13.3. The smallest absolute Gasteiger partial charge is 0.191 e. The van der Waals surface area contributed by atoms with Crippen LogP contribution in [0.15, 0.2) is 28.9 Å². The lowest BCUT2D eigenvalue weighted by atomic mass is 9.86. The van der Waals surface area contributed by atoms with Crippen LogP contribution in [0.4, 0.5) is 0 Å². The molecule has 0 aromatic carbocycles. The van der Waals surface area contributed by atoms with Crippen LogP contribution in [0.3, 0.4) is 0 Å². The van der Waals surface area contributed by atoms with E-state index in [4.69, 9.17) is 19.3 Å². The average molecular weight is 297 g/mol. The van der Waals surface area contributed by atoms with Crippen molar-refractivity contribution in [1.82, 2.24) is 0 Å². The van der Waals surface area contributed by atoms with Gasteiger partial charge in [0.05, 0.1) is 33.0 Å². The van der Waals surface area contributed by atoms with Crippen LogP contribution < -0.4 is 0 Å². The van der Waals surface area contributed by atoms with E-state index in [9.17, 15) is 0 Å². The molecule has 0 radical (unpaired) electrons. The maximum absolute atomic E-state index is 8.53. The first kappa shape index (κ1) is 17.9. The molecule has 0 saturated carbocycles. The van der Waals surface area contributed by atoms with Crippen molar-refractivity contribution in [2.24, 2.45) is 10.4 Å². The van der Waals surface area contributed by atoms with Crippen LogP contribution >= 0.6 is 0 Å². The largest absolute Gasteiger partial charge is 0.478 e. The summed E-state index contributed by atoms with van der Waals surface area (Å²) >= 11 is 0. The molecule has 0 spiro atoms. The van der Waals surface area contributed by atoms with E-state index in [0.717, 1.165) is 0 Å². The number of aliphatic hydroxyl groups excluding tert-OH is 1. The summed E-state index contributed by atoms with van der Waals surface area (Å²) in [5.74, 6) is 0.714. The zero-order valence-electron chi connectivity index (χ0n) is 13.3. The van der Waals surface area contributed by atoms with Crippen molar-refractivity contribution in [3.8, 4) is 0 Å². The third-order valence-corrected chi connectivity index (χ3v) is 2.94. The van der Waals surface area contributed by atoms with Gasteiger partial charge >= 0.3 is 0 Å². The van der Waals surface area contributed by atoms with Gasteiger partial charge < -0.3 is 19.3 Å². The summed E-state index contributed by atoms with van der Waals surface area (Å²) in [6.45, 7) is 8.91. The minimum atomic E-state index is 0.0422. The third-order valence-electron chi connectivity index (χ3n) is 2.94. The van der Waals surface area contributed by atoms with E-state index >= 15 is 0 Å². The molecule has 0 aliphatic carbocycles. The molecular weight excluding hydrogens is 270 g/mol. The molecule has 0 fully saturated rings. The second-order valence-corrected chi connectivity index (χ2v) is 5.75. The highest BCUT2D eigenvalue weighted by atomic mass is 16.5. The summed E-state index contributed by atoms with van der Waals surface area (Å²) in [5.41, 5.74) is 1.39. The maximum atomic E-state index is 8.53. The van der Waals surface area contributed by atoms with Gasteiger partial charge in [-0.1, -0.05) is 26.8 Å². The first-order chi connectivity index (χ1) is 10.0. The van der Waals surface area contributed by atoms with Crippen LogP contribution in [0.25, 0.3) is 0 Å². The lowest BCUT2D eigenvalue weighted by molar-refractivity contribution is 0.0234. The van der Waals surface area contributed by atoms with Crippen LogP contribution in [0, 0.1) is 5.41 Å². The molecule has 0 unspecified atom stereocenters. The number of aliphatic hydroxyl groups is 1. The highest BCUT2D eigenvalue weighted by Gasteiger charge is 2.15. The number of ether oxygens (including phenoxy) is 3. The van der Waals surface area contributed by atoms with Gasteiger partial charge in [-0.3, -0.25) is 0 Å². The van der Waals surface area contributed by atoms with Crippen molar-refractivity contribution in [2.75, 3.05) is 39.6 Å². The van der Waals surface area contributed by atoms with E-state index < -0.39 is 0 Å². The Morgan fingerprint density at radius 1 is 1.10 bits per heavy atom. The van der Waals surface area contributed by atoms with Gasteiger partial charge in [-0.05, 0) is 17.1 Å². The molecule has 1 rings (SSSR count). The molecule has 1 aliphatic heterocycles. The molecule has 0 aromatic heterocycles. The zero-order chi connectivity index (χ0) is 15.6. The summed E-state index contributed by atoms with van der Waals surface area (Å²) < 4.78 is 16.0. The molecule has 5 nitrogen and oxygen atoms in total. The molecule has 21 heavy (non-hydrogen) atoms. The van der Waals surface area contributed by atoms with Gasteiger partial charge in [0.1, 0.15) is 6.61 Å². The van der Waals surface area contributed by atoms with Gasteiger partial charge in [0.15, 0.2) is 5.90 Å². The van der Waals surface area contributed by atoms with E-state index in [1.165, 1.54) is 5.57 Å². The first-order valence-electron chi connectivity index (χ1n) is 7.37. The minimum Gasteiger partial charge on any atom is -0.478 e. The van der Waals surface area contributed by atoms with E-state index in [2.05, 4.69) is 31.8 Å². The predicted molar refractivity (Wildman–Crippen MR) is 83.4 cm³/mol. The monoisotopic (exact) mass is 297 g/mol. The highest BCUT2D eigenvalue weighted by molar-refractivity contribution is 5.79. The molecule has 1 aliphatic rings. The van der Waals surface area contributed by atoms with Gasteiger partial charge in [0.25, 0.3) is 0 Å². The SMILES string of the molecule is CC(C)(C)C1=CCC(OCCOCCOCCO)=NC=C1. The molecule has 120 valence electrons. The van der Waals surface area contributed by atoms with E-state index in [0.29, 0.717) is 45.4 Å². The Kier molecular flexibility index (Phi) is 8.27. The third kappa shape index (κ3) is 7.99. The molecule has 0 bridgehead atoms. The maximum Gasteiger partial charge on any atom is 0.191 e. The Hall–Kier alpha value is -1.17. The lowest BCUT2D eigenvalue weighted by Crippen LogP contribution is -2.13. The van der Waals surface area contributed by atoms with Crippen LogP contribution in [-0.4, -0.2) is 50.6 Å². The molecule has 0 amide bonds. The van der Waals surface area contributed by atoms with Crippen molar-refractivity contribution >= 4 is 5.90 Å². The van der Waals surface area contributed by atoms with Crippen molar-refractivity contribution in [3.63, 3.8) is 0 Å². The van der Waals surface area contributed by atoms with Gasteiger partial charge in [-0.25, -0.2) is 4.99 Å². The molecule has 0 saturated heterocycles. The molecule has 1 N–H and O–H groups in total. The van der Waals surface area contributed by atoms with Crippen LogP contribution in [0.1, 0.15) is 27.2 Å². The minimum absolute atomic E-state index is 0.0422. The fourth-order valence-corrected chi connectivity index (χ4v) is 1.78. The van der Waals surface area contributed by atoms with Gasteiger partial charge in [-0.2, -0.15) is 0 Å². The standard InChI is InChI=1S/C16H27NO4/c1-16(2,3)14-4-5-15(17-7-6-14)21-13-12-20-11-10-19-9-8-18/h4,6-7,18H,5,8-13H2,1-3H3. The number of aliphatic imine (C=N–C) groups is 1. The number of hydrogen-bond donors (Lipinski definition) is 1. The van der Waals surface area contributed by atoms with E-state index in [-0.39, 0.29) is 12.0 Å². The number of nitrogens with zero attached hydrogens (tertiary/aromatic N) is 1. The van der Waals surface area contributed by atoms with E-state index in [1.807, 2.05) is 6.08 Å². The van der Waals surface area contributed by atoms with Gasteiger partial charge in [0, 0.05) is 12.6 Å². The van der Waals surface area contributed by atoms with Gasteiger partial charge in [0.2, 0.25) is 0 Å². The second kappa shape index (κ2) is 9.71. The Morgan fingerprint density at radius 3 is 2.43 bits per heavy atom. The van der Waals surface area contributed by atoms with Crippen LogP contribution in [0.5, 0.6) is 0 Å². The predicted octanol–water partition coefficient (Wildman–Crippen LogP) is 2.32. The normalized spacial score (nSPS) is 15.4. The Balaban J connectivity index is 2.15. The number of hydrogen-bond acceptors (Lipinski definition) is 5. The molecule has 0 atom stereocenters. The summed E-state index contributed by atoms with van der Waals surface area (Å²) in [5, 5.41) is 8.53. The van der Waals surface area contributed by atoms with Crippen molar-refractivity contribution in [1.29, 1.82) is 0 Å². The summed E-state index contributed by atoms with van der Waals surface area (Å²) in [7, 11) is 0. The molecule has 0 aromatic rings. The van der Waals surface area contributed by atoms with Crippen molar-refractivity contribution in [3.05, 3.63) is 23.9 Å². The van der Waals surface area contributed by atoms with Crippen LogP contribution in [-0.2, 0) is 14.2 Å². The topological polar surface area (TPSA) is 60.3 Å². The number of allylic oxidation sites excluding steroid dienone is 2. The average Bonchev–Trinajstić information content (AvgIpc) is 2.67. The summed E-state index contributed by atoms with van der Waals surface area (Å²) in [4.78, 5) is 4.30. The molecule has 1 heterocycles. The lowest BCUT2D eigenvalue weighted by Gasteiger charge is -2.19. The fraction of sp³-hybridized carbons (Fsp3) is 0.688.